The van der Waals surface area contributed by atoms with Gasteiger partial charge in [-0.3, -0.25) is 0 Å². The summed E-state index contributed by atoms with van der Waals surface area (Å²) in [5.74, 6) is 1.71. The van der Waals surface area contributed by atoms with Crippen LogP contribution in [0.15, 0.2) is 59.4 Å². The van der Waals surface area contributed by atoms with Gasteiger partial charge in [-0.05, 0) is 36.4 Å². The van der Waals surface area contributed by atoms with Gasteiger partial charge < -0.3 is 19.1 Å². The first-order valence-corrected chi connectivity index (χ1v) is 10.1. The molecule has 7 nitrogen and oxygen atoms in total. The number of halogens is 1. The number of aromatic nitrogens is 3. The van der Waals surface area contributed by atoms with E-state index in [1.165, 1.54) is 12.0 Å². The summed E-state index contributed by atoms with van der Waals surface area (Å²) in [7, 11) is 1.68. The molecule has 0 aliphatic carbocycles. The third-order valence-electron chi connectivity index (χ3n) is 5.39. The monoisotopic (exact) mass is 421 g/mol. The summed E-state index contributed by atoms with van der Waals surface area (Å²) in [5.41, 5.74) is 3.33. The highest BCUT2D eigenvalue weighted by Gasteiger charge is 2.24. The lowest BCUT2D eigenvalue weighted by atomic mass is 10.1. The highest BCUT2D eigenvalue weighted by Crippen LogP contribution is 2.34. The van der Waals surface area contributed by atoms with Gasteiger partial charge in [0.25, 0.3) is 5.71 Å². The minimum absolute atomic E-state index is 0.488. The average molecular weight is 422 g/mol. The van der Waals surface area contributed by atoms with Crippen LogP contribution < -0.4 is 14.5 Å². The second kappa shape index (κ2) is 7.84. The molecule has 0 bridgehead atoms. The number of methoxy groups -OCH3 is 1. The zero-order valence-corrected chi connectivity index (χ0v) is 17.2. The van der Waals surface area contributed by atoms with Crippen molar-refractivity contribution in [3.8, 4) is 17.0 Å². The average Bonchev–Trinajstić information content (AvgIpc) is 3.24. The van der Waals surface area contributed by atoms with Crippen LogP contribution in [-0.4, -0.2) is 48.4 Å². The van der Waals surface area contributed by atoms with Crippen molar-refractivity contribution in [3.05, 3.63) is 59.9 Å². The molecule has 0 spiro atoms. The van der Waals surface area contributed by atoms with Gasteiger partial charge in [-0.25, -0.2) is 4.98 Å². The Morgan fingerprint density at radius 2 is 1.60 bits per heavy atom. The molecule has 0 saturated carbocycles. The predicted molar refractivity (Wildman–Crippen MR) is 117 cm³/mol. The number of piperazine rings is 1. The minimum Gasteiger partial charge on any atom is -0.497 e. The molecule has 1 saturated heterocycles. The molecule has 3 heterocycles. The van der Waals surface area contributed by atoms with Crippen molar-refractivity contribution in [2.75, 3.05) is 43.1 Å². The molecule has 152 valence electrons. The molecule has 0 unspecified atom stereocenters. The molecule has 2 aromatic heterocycles. The Labute approximate surface area is 178 Å². The Kier molecular flexibility index (Phi) is 4.88. The zero-order chi connectivity index (χ0) is 20.5. The Morgan fingerprint density at radius 1 is 0.900 bits per heavy atom. The van der Waals surface area contributed by atoms with Crippen LogP contribution >= 0.6 is 11.6 Å². The van der Waals surface area contributed by atoms with Crippen LogP contribution in [0.2, 0.25) is 5.02 Å². The molecule has 2 aromatic carbocycles. The topological polar surface area (TPSA) is 67.5 Å². The summed E-state index contributed by atoms with van der Waals surface area (Å²) >= 11 is 6.04. The van der Waals surface area contributed by atoms with E-state index < -0.39 is 0 Å². The second-order valence-electron chi connectivity index (χ2n) is 7.09. The van der Waals surface area contributed by atoms with Gasteiger partial charge in [-0.2, -0.15) is 4.98 Å². The minimum atomic E-state index is 0.488. The summed E-state index contributed by atoms with van der Waals surface area (Å²) in [4.78, 5) is 13.5. The Morgan fingerprint density at radius 3 is 2.30 bits per heavy atom. The number of hydrogen-bond donors (Lipinski definition) is 0. The van der Waals surface area contributed by atoms with Crippen LogP contribution in [0.5, 0.6) is 5.75 Å². The Bertz CT molecular complexity index is 1150. The standard InChI is InChI=1S/C22H20ClN5O2/c1-29-18-8-6-17(7-9-18)27-10-12-28(13-11-27)21-19-20(15-2-4-16(23)5-3-15)26-30-22(19)25-14-24-21/h2-9,14H,10-13H2,1H3. The van der Waals surface area contributed by atoms with E-state index in [9.17, 15) is 0 Å². The van der Waals surface area contributed by atoms with Crippen LogP contribution in [-0.2, 0) is 0 Å². The molecule has 0 radical (unpaired) electrons. The maximum atomic E-state index is 6.04. The highest BCUT2D eigenvalue weighted by molar-refractivity contribution is 6.30. The lowest BCUT2D eigenvalue weighted by molar-refractivity contribution is 0.415. The van der Waals surface area contributed by atoms with Gasteiger partial charge in [0, 0.05) is 42.5 Å². The first kappa shape index (κ1) is 18.7. The number of rotatable bonds is 4. The van der Waals surface area contributed by atoms with Crippen LogP contribution in [0.4, 0.5) is 11.5 Å². The molecule has 0 amide bonds. The maximum Gasteiger partial charge on any atom is 0.263 e. The Hall–Kier alpha value is -3.32. The van der Waals surface area contributed by atoms with Crippen LogP contribution in [0.25, 0.3) is 22.4 Å². The fourth-order valence-electron chi connectivity index (χ4n) is 3.79. The summed E-state index contributed by atoms with van der Waals surface area (Å²) in [6.45, 7) is 3.45. The molecular formula is C22H20ClN5O2. The molecule has 1 fully saturated rings. The lowest BCUT2D eigenvalue weighted by Gasteiger charge is -2.36. The number of ether oxygens (including phenoxy) is 1. The largest absolute Gasteiger partial charge is 0.497 e. The normalized spacial score (nSPS) is 14.3. The maximum absolute atomic E-state index is 6.04. The molecule has 4 aromatic rings. The van der Waals surface area contributed by atoms with Crippen LogP contribution in [0, 0.1) is 0 Å². The number of benzene rings is 2. The van der Waals surface area contributed by atoms with Crippen LogP contribution in [0.1, 0.15) is 0 Å². The van der Waals surface area contributed by atoms with Crippen molar-refractivity contribution in [1.82, 2.24) is 15.1 Å². The Balaban J connectivity index is 1.41. The second-order valence-corrected chi connectivity index (χ2v) is 7.52. The predicted octanol–water partition coefficient (Wildman–Crippen LogP) is 4.27. The van der Waals surface area contributed by atoms with Gasteiger partial charge in [0.2, 0.25) is 0 Å². The van der Waals surface area contributed by atoms with Gasteiger partial charge >= 0.3 is 0 Å². The van der Waals surface area contributed by atoms with Crippen molar-refractivity contribution in [2.45, 2.75) is 0 Å². The summed E-state index contributed by atoms with van der Waals surface area (Å²) in [6.07, 6.45) is 1.53. The fourth-order valence-corrected chi connectivity index (χ4v) is 3.91. The number of anilines is 2. The summed E-state index contributed by atoms with van der Waals surface area (Å²) in [5, 5.41) is 5.77. The van der Waals surface area contributed by atoms with Crippen LogP contribution in [0.3, 0.4) is 0 Å². The van der Waals surface area contributed by atoms with Gasteiger partial charge in [-0.15, -0.1) is 0 Å². The van der Waals surface area contributed by atoms with Gasteiger partial charge in [0.15, 0.2) is 0 Å². The first-order valence-electron chi connectivity index (χ1n) is 9.73. The molecule has 1 aliphatic heterocycles. The molecule has 30 heavy (non-hydrogen) atoms. The molecule has 8 heteroatoms. The quantitative estimate of drug-likeness (QED) is 0.487. The summed E-state index contributed by atoms with van der Waals surface area (Å²) < 4.78 is 10.8. The number of nitrogens with zero attached hydrogens (tertiary/aromatic N) is 5. The van der Waals surface area contributed by atoms with Crippen molar-refractivity contribution < 1.29 is 9.26 Å². The van der Waals surface area contributed by atoms with Gasteiger partial charge in [0.05, 0.1) is 7.11 Å². The van der Waals surface area contributed by atoms with Crippen molar-refractivity contribution in [3.63, 3.8) is 0 Å². The molecule has 0 N–H and O–H groups in total. The smallest absolute Gasteiger partial charge is 0.263 e. The number of hydrogen-bond acceptors (Lipinski definition) is 7. The van der Waals surface area contributed by atoms with E-state index in [1.54, 1.807) is 7.11 Å². The lowest BCUT2D eigenvalue weighted by Crippen LogP contribution is -2.46. The molecular weight excluding hydrogens is 402 g/mol. The fraction of sp³-hybridized carbons (Fsp3) is 0.227. The van der Waals surface area contributed by atoms with E-state index in [4.69, 9.17) is 20.9 Å². The highest BCUT2D eigenvalue weighted by atomic mass is 35.5. The molecule has 5 rings (SSSR count). The van der Waals surface area contributed by atoms with Gasteiger partial charge in [-0.1, -0.05) is 28.9 Å². The third-order valence-corrected chi connectivity index (χ3v) is 5.64. The number of fused-ring (bicyclic) bond motifs is 1. The van der Waals surface area contributed by atoms with E-state index in [0.717, 1.165) is 54.4 Å². The van der Waals surface area contributed by atoms with E-state index in [0.29, 0.717) is 10.7 Å². The molecule has 0 atom stereocenters. The van der Waals surface area contributed by atoms with E-state index in [1.807, 2.05) is 36.4 Å². The van der Waals surface area contributed by atoms with Crippen molar-refractivity contribution in [1.29, 1.82) is 0 Å². The first-order chi connectivity index (χ1) is 14.7. The van der Waals surface area contributed by atoms with Crippen molar-refractivity contribution in [2.24, 2.45) is 0 Å². The molecule has 1 aliphatic rings. The third kappa shape index (κ3) is 3.41. The van der Waals surface area contributed by atoms with Gasteiger partial charge in [0.1, 0.15) is 29.0 Å². The SMILES string of the molecule is COc1ccc(N2CCN(c3ncnc4onc(-c5ccc(Cl)cc5)c34)CC2)cc1. The van der Waals surface area contributed by atoms with Crippen molar-refractivity contribution >= 4 is 34.2 Å². The van der Waals surface area contributed by atoms with E-state index in [2.05, 4.69) is 37.1 Å². The zero-order valence-electron chi connectivity index (χ0n) is 16.5. The van der Waals surface area contributed by atoms with E-state index in [-0.39, 0.29) is 0 Å². The summed E-state index contributed by atoms with van der Waals surface area (Å²) in [6, 6.07) is 15.7. The van der Waals surface area contributed by atoms with E-state index >= 15 is 0 Å².